The average Bonchev–Trinajstić information content (AvgIpc) is 2.67. The second-order valence-corrected chi connectivity index (χ2v) is 7.09. The molecular formula is C23H18ClF3N2O. The van der Waals surface area contributed by atoms with Crippen molar-refractivity contribution in [3.05, 3.63) is 105 Å². The van der Waals surface area contributed by atoms with Crippen molar-refractivity contribution in [2.75, 3.05) is 5.32 Å². The molecule has 0 spiro atoms. The summed E-state index contributed by atoms with van der Waals surface area (Å²) in [6.07, 6.45) is -1.17. The van der Waals surface area contributed by atoms with Gasteiger partial charge in [-0.1, -0.05) is 42.5 Å². The number of rotatable bonds is 5. The number of aromatic amines is 1. The van der Waals surface area contributed by atoms with Crippen LogP contribution in [-0.2, 0) is 6.18 Å². The topological polar surface area (TPSA) is 44.9 Å². The van der Waals surface area contributed by atoms with Gasteiger partial charge in [-0.15, -0.1) is 0 Å². The molecule has 2 N–H and O–H groups in total. The van der Waals surface area contributed by atoms with E-state index in [2.05, 4.69) is 16.9 Å². The molecular weight excluding hydrogens is 413 g/mol. The van der Waals surface area contributed by atoms with Gasteiger partial charge in [-0.3, -0.25) is 4.79 Å². The molecule has 154 valence electrons. The van der Waals surface area contributed by atoms with Crippen LogP contribution in [0.5, 0.6) is 0 Å². The number of benzene rings is 2. The number of halogens is 4. The van der Waals surface area contributed by atoms with Gasteiger partial charge < -0.3 is 10.3 Å². The molecule has 0 amide bonds. The largest absolute Gasteiger partial charge is 0.416 e. The number of pyridine rings is 1. The van der Waals surface area contributed by atoms with Crippen molar-refractivity contribution in [3.8, 4) is 0 Å². The smallest absolute Gasteiger partial charge is 0.355 e. The van der Waals surface area contributed by atoms with Crippen LogP contribution in [-0.4, -0.2) is 4.98 Å². The fourth-order valence-corrected chi connectivity index (χ4v) is 3.18. The summed E-state index contributed by atoms with van der Waals surface area (Å²) in [5.41, 5.74) is 1.70. The highest BCUT2D eigenvalue weighted by Crippen LogP contribution is 2.31. The first-order valence-corrected chi connectivity index (χ1v) is 9.32. The van der Waals surface area contributed by atoms with E-state index in [1.54, 1.807) is 24.3 Å². The van der Waals surface area contributed by atoms with Gasteiger partial charge >= 0.3 is 6.18 Å². The van der Waals surface area contributed by atoms with Crippen LogP contribution < -0.4 is 10.9 Å². The summed E-state index contributed by atoms with van der Waals surface area (Å²) < 4.78 is 38.9. The Morgan fingerprint density at radius 3 is 2.57 bits per heavy atom. The third-order valence-electron chi connectivity index (χ3n) is 4.43. The Kier molecular flexibility index (Phi) is 6.17. The van der Waals surface area contributed by atoms with Crippen LogP contribution >= 0.6 is 11.6 Å². The minimum absolute atomic E-state index is 0.180. The molecule has 1 heterocycles. The van der Waals surface area contributed by atoms with Crippen LogP contribution in [0.2, 0.25) is 5.02 Å². The van der Waals surface area contributed by atoms with E-state index in [1.165, 1.54) is 18.3 Å². The van der Waals surface area contributed by atoms with Crippen molar-refractivity contribution in [1.29, 1.82) is 0 Å². The minimum atomic E-state index is -4.47. The standard InChI is InChI=1S/C23H18ClF3N2O/c1-14(16-5-3-7-19(24)12-16)11-17-9-10-28-22(30)21(17)15(2)29-20-8-4-6-18(13-20)23(25,26)27/h3-13,29H,2H2,1H3,(H,28,30)/b14-11+. The molecule has 0 atom stereocenters. The van der Waals surface area contributed by atoms with E-state index >= 15 is 0 Å². The van der Waals surface area contributed by atoms with E-state index in [4.69, 9.17) is 11.6 Å². The lowest BCUT2D eigenvalue weighted by atomic mass is 10.0. The highest BCUT2D eigenvalue weighted by Gasteiger charge is 2.30. The first-order valence-electron chi connectivity index (χ1n) is 8.94. The molecule has 2 aromatic carbocycles. The molecule has 3 nitrogen and oxygen atoms in total. The van der Waals surface area contributed by atoms with Gasteiger partial charge in [0.25, 0.3) is 5.56 Å². The Morgan fingerprint density at radius 2 is 1.87 bits per heavy atom. The molecule has 3 rings (SSSR count). The van der Waals surface area contributed by atoms with Gasteiger partial charge in [0.05, 0.1) is 11.1 Å². The van der Waals surface area contributed by atoms with Gasteiger partial charge in [-0.05, 0) is 60.0 Å². The molecule has 0 fully saturated rings. The molecule has 0 aliphatic carbocycles. The Morgan fingerprint density at radius 1 is 1.13 bits per heavy atom. The number of hydrogen-bond acceptors (Lipinski definition) is 2. The van der Waals surface area contributed by atoms with Crippen molar-refractivity contribution < 1.29 is 13.2 Å². The summed E-state index contributed by atoms with van der Waals surface area (Å²) in [7, 11) is 0. The van der Waals surface area contributed by atoms with Crippen molar-refractivity contribution in [2.24, 2.45) is 0 Å². The van der Waals surface area contributed by atoms with Crippen molar-refractivity contribution in [2.45, 2.75) is 13.1 Å². The highest BCUT2D eigenvalue weighted by atomic mass is 35.5. The van der Waals surface area contributed by atoms with E-state index in [9.17, 15) is 18.0 Å². The van der Waals surface area contributed by atoms with Crippen LogP contribution in [0.3, 0.4) is 0 Å². The summed E-state index contributed by atoms with van der Waals surface area (Å²) in [6, 6.07) is 13.7. The number of nitrogens with one attached hydrogen (secondary N) is 2. The Balaban J connectivity index is 1.96. The van der Waals surface area contributed by atoms with Gasteiger partial charge in [0.15, 0.2) is 0 Å². The summed E-state index contributed by atoms with van der Waals surface area (Å²) in [4.78, 5) is 15.1. The lowest BCUT2D eigenvalue weighted by molar-refractivity contribution is -0.137. The molecule has 1 aromatic heterocycles. The van der Waals surface area contributed by atoms with Gasteiger partial charge in [0, 0.05) is 22.6 Å². The van der Waals surface area contributed by atoms with Crippen LogP contribution in [0.25, 0.3) is 17.3 Å². The summed E-state index contributed by atoms with van der Waals surface area (Å²) in [6.45, 7) is 5.74. The van der Waals surface area contributed by atoms with E-state index < -0.39 is 17.3 Å². The van der Waals surface area contributed by atoms with E-state index in [1.807, 2.05) is 19.1 Å². The molecule has 0 unspecified atom stereocenters. The predicted molar refractivity (Wildman–Crippen MR) is 116 cm³/mol. The van der Waals surface area contributed by atoms with Crippen molar-refractivity contribution in [3.63, 3.8) is 0 Å². The molecule has 0 saturated heterocycles. The predicted octanol–water partition coefficient (Wildman–Crippen LogP) is 6.69. The quantitative estimate of drug-likeness (QED) is 0.473. The molecule has 0 saturated carbocycles. The first kappa shape index (κ1) is 21.5. The lowest BCUT2D eigenvalue weighted by Gasteiger charge is -2.14. The van der Waals surface area contributed by atoms with Gasteiger partial charge in [-0.2, -0.15) is 13.2 Å². The Bertz CT molecular complexity index is 1180. The number of allylic oxidation sites excluding steroid dienone is 1. The van der Waals surface area contributed by atoms with Crippen molar-refractivity contribution >= 4 is 34.6 Å². The van der Waals surface area contributed by atoms with E-state index in [0.29, 0.717) is 10.6 Å². The molecule has 0 aliphatic rings. The Labute approximate surface area is 176 Å². The monoisotopic (exact) mass is 430 g/mol. The average molecular weight is 431 g/mol. The van der Waals surface area contributed by atoms with Crippen LogP contribution in [0.1, 0.15) is 29.2 Å². The molecule has 0 aliphatic heterocycles. The van der Waals surface area contributed by atoms with Crippen LogP contribution in [0.4, 0.5) is 18.9 Å². The molecule has 3 aromatic rings. The fourth-order valence-electron chi connectivity index (χ4n) is 2.99. The maximum absolute atomic E-state index is 13.0. The van der Waals surface area contributed by atoms with Gasteiger partial charge in [-0.25, -0.2) is 0 Å². The Hall–Kier alpha value is -3.25. The minimum Gasteiger partial charge on any atom is -0.355 e. The van der Waals surface area contributed by atoms with Gasteiger partial charge in [0.2, 0.25) is 0 Å². The number of H-pyrrole nitrogens is 1. The zero-order valence-electron chi connectivity index (χ0n) is 16.0. The second kappa shape index (κ2) is 8.63. The first-order chi connectivity index (χ1) is 14.1. The summed E-state index contributed by atoms with van der Waals surface area (Å²) in [5, 5.41) is 3.39. The highest BCUT2D eigenvalue weighted by molar-refractivity contribution is 6.30. The number of anilines is 1. The second-order valence-electron chi connectivity index (χ2n) is 6.66. The summed E-state index contributed by atoms with van der Waals surface area (Å²) >= 11 is 6.05. The number of aromatic nitrogens is 1. The maximum atomic E-state index is 13.0. The molecule has 0 bridgehead atoms. The third kappa shape index (κ3) is 5.02. The lowest BCUT2D eigenvalue weighted by Crippen LogP contribution is -2.16. The number of hydrogen-bond donors (Lipinski definition) is 2. The maximum Gasteiger partial charge on any atom is 0.416 e. The normalized spacial score (nSPS) is 12.0. The zero-order chi connectivity index (χ0) is 21.9. The SMILES string of the molecule is C=C(Nc1cccc(C(F)(F)F)c1)c1c(/C=C(\C)c2cccc(Cl)c2)cc[nH]c1=O. The van der Waals surface area contributed by atoms with Crippen LogP contribution in [0, 0.1) is 0 Å². The van der Waals surface area contributed by atoms with Crippen LogP contribution in [0.15, 0.2) is 72.2 Å². The molecule has 7 heteroatoms. The van der Waals surface area contributed by atoms with Gasteiger partial charge in [0.1, 0.15) is 0 Å². The molecule has 0 radical (unpaired) electrons. The van der Waals surface area contributed by atoms with Crippen molar-refractivity contribution in [1.82, 2.24) is 4.98 Å². The third-order valence-corrected chi connectivity index (χ3v) is 4.67. The molecule has 30 heavy (non-hydrogen) atoms. The summed E-state index contributed by atoms with van der Waals surface area (Å²) in [5.74, 6) is 0. The zero-order valence-corrected chi connectivity index (χ0v) is 16.7. The van der Waals surface area contributed by atoms with E-state index in [0.717, 1.165) is 23.3 Å². The van der Waals surface area contributed by atoms with E-state index in [-0.39, 0.29) is 16.9 Å². The number of alkyl halides is 3. The fraction of sp³-hybridized carbons (Fsp3) is 0.0870.